The maximum absolute atomic E-state index is 6.00. The third-order valence-corrected chi connectivity index (χ3v) is 3.04. The standard InChI is InChI=1S/C11H15N5O/c1-3-16-9(8(12)6(2)15-16)11-14-13-10(17-11)7-4-5-7/h7H,3-5,12H2,1-2H3. The Morgan fingerprint density at radius 2 is 2.18 bits per heavy atom. The Morgan fingerprint density at radius 3 is 2.82 bits per heavy atom. The first kappa shape index (κ1) is 10.3. The summed E-state index contributed by atoms with van der Waals surface area (Å²) in [6.07, 6.45) is 2.28. The van der Waals surface area contributed by atoms with Crippen molar-refractivity contribution in [2.45, 2.75) is 39.2 Å². The van der Waals surface area contributed by atoms with E-state index in [1.54, 1.807) is 4.68 Å². The zero-order valence-electron chi connectivity index (χ0n) is 9.97. The van der Waals surface area contributed by atoms with Gasteiger partial charge in [0.15, 0.2) is 0 Å². The second kappa shape index (κ2) is 3.58. The van der Waals surface area contributed by atoms with Crippen LogP contribution in [0.3, 0.4) is 0 Å². The molecule has 0 aromatic carbocycles. The van der Waals surface area contributed by atoms with Crippen molar-refractivity contribution >= 4 is 5.69 Å². The van der Waals surface area contributed by atoms with E-state index < -0.39 is 0 Å². The summed E-state index contributed by atoms with van der Waals surface area (Å²) in [5.41, 5.74) is 8.16. The van der Waals surface area contributed by atoms with Gasteiger partial charge >= 0.3 is 0 Å². The number of aromatic nitrogens is 4. The summed E-state index contributed by atoms with van der Waals surface area (Å²) >= 11 is 0. The van der Waals surface area contributed by atoms with Gasteiger partial charge in [0.25, 0.3) is 5.89 Å². The average Bonchev–Trinajstić information content (AvgIpc) is 3.00. The Labute approximate surface area is 98.8 Å². The maximum atomic E-state index is 6.00. The van der Waals surface area contributed by atoms with Crippen LogP contribution in [-0.2, 0) is 6.54 Å². The molecule has 0 unspecified atom stereocenters. The fourth-order valence-electron chi connectivity index (χ4n) is 1.88. The van der Waals surface area contributed by atoms with Gasteiger partial charge in [-0.25, -0.2) is 0 Å². The van der Waals surface area contributed by atoms with Gasteiger partial charge in [0.1, 0.15) is 5.69 Å². The van der Waals surface area contributed by atoms with Gasteiger partial charge in [-0.05, 0) is 26.7 Å². The highest BCUT2D eigenvalue weighted by molar-refractivity contribution is 5.68. The molecular weight excluding hydrogens is 218 g/mol. The Balaban J connectivity index is 2.06. The first-order valence-corrected chi connectivity index (χ1v) is 5.87. The lowest BCUT2D eigenvalue weighted by atomic mass is 10.3. The summed E-state index contributed by atoms with van der Waals surface area (Å²) in [6.45, 7) is 4.62. The average molecular weight is 233 g/mol. The lowest BCUT2D eigenvalue weighted by Crippen LogP contribution is -2.00. The zero-order chi connectivity index (χ0) is 12.0. The van der Waals surface area contributed by atoms with Crippen molar-refractivity contribution in [1.29, 1.82) is 0 Å². The number of anilines is 1. The number of nitrogens with zero attached hydrogens (tertiary/aromatic N) is 4. The molecule has 1 saturated carbocycles. The van der Waals surface area contributed by atoms with Crippen LogP contribution in [-0.4, -0.2) is 20.0 Å². The molecule has 17 heavy (non-hydrogen) atoms. The van der Waals surface area contributed by atoms with Gasteiger partial charge < -0.3 is 10.2 Å². The van der Waals surface area contributed by atoms with E-state index in [4.69, 9.17) is 10.2 Å². The van der Waals surface area contributed by atoms with Crippen molar-refractivity contribution in [3.8, 4) is 11.6 Å². The Bertz CT molecular complexity index is 552. The van der Waals surface area contributed by atoms with E-state index in [0.29, 0.717) is 17.5 Å². The minimum atomic E-state index is 0.455. The van der Waals surface area contributed by atoms with Gasteiger partial charge in [-0.2, -0.15) is 5.10 Å². The summed E-state index contributed by atoms with van der Waals surface area (Å²) in [5, 5.41) is 12.5. The predicted molar refractivity (Wildman–Crippen MR) is 62.3 cm³/mol. The SMILES string of the molecule is CCn1nc(C)c(N)c1-c1nnc(C2CC2)o1. The van der Waals surface area contributed by atoms with E-state index in [1.165, 1.54) is 0 Å². The summed E-state index contributed by atoms with van der Waals surface area (Å²) < 4.78 is 7.47. The summed E-state index contributed by atoms with van der Waals surface area (Å²) in [6, 6.07) is 0. The molecule has 0 saturated heterocycles. The Hall–Kier alpha value is -1.85. The van der Waals surface area contributed by atoms with Crippen molar-refractivity contribution in [2.75, 3.05) is 5.73 Å². The molecule has 6 nitrogen and oxygen atoms in total. The Morgan fingerprint density at radius 1 is 1.41 bits per heavy atom. The van der Waals surface area contributed by atoms with Crippen LogP contribution in [0.1, 0.15) is 37.3 Å². The first-order chi connectivity index (χ1) is 8.20. The summed E-state index contributed by atoms with van der Waals surface area (Å²) in [4.78, 5) is 0. The van der Waals surface area contributed by atoms with Crippen molar-refractivity contribution in [1.82, 2.24) is 20.0 Å². The van der Waals surface area contributed by atoms with Crippen molar-refractivity contribution in [2.24, 2.45) is 0 Å². The zero-order valence-corrected chi connectivity index (χ0v) is 9.97. The number of rotatable bonds is 3. The van der Waals surface area contributed by atoms with Crippen molar-refractivity contribution in [3.05, 3.63) is 11.6 Å². The lowest BCUT2D eigenvalue weighted by molar-refractivity contribution is 0.501. The fraction of sp³-hybridized carbons (Fsp3) is 0.545. The normalized spacial score (nSPS) is 15.4. The summed E-state index contributed by atoms with van der Waals surface area (Å²) in [7, 11) is 0. The number of nitrogens with two attached hydrogens (primary N) is 1. The molecule has 2 aromatic rings. The lowest BCUT2D eigenvalue weighted by Gasteiger charge is -2.00. The third-order valence-electron chi connectivity index (χ3n) is 3.04. The highest BCUT2D eigenvalue weighted by Crippen LogP contribution is 2.40. The van der Waals surface area contributed by atoms with Crippen LogP contribution in [0.25, 0.3) is 11.6 Å². The number of hydrogen-bond acceptors (Lipinski definition) is 5. The van der Waals surface area contributed by atoms with Crippen molar-refractivity contribution < 1.29 is 4.42 Å². The van der Waals surface area contributed by atoms with Gasteiger partial charge in [-0.3, -0.25) is 4.68 Å². The monoisotopic (exact) mass is 233 g/mol. The van der Waals surface area contributed by atoms with E-state index in [2.05, 4.69) is 15.3 Å². The van der Waals surface area contributed by atoms with E-state index in [1.807, 2.05) is 13.8 Å². The number of nitrogen functional groups attached to an aromatic ring is 1. The first-order valence-electron chi connectivity index (χ1n) is 5.87. The van der Waals surface area contributed by atoms with E-state index in [-0.39, 0.29) is 0 Å². The molecule has 2 heterocycles. The molecule has 1 aliphatic rings. The molecule has 2 aromatic heterocycles. The Kier molecular flexibility index (Phi) is 2.17. The quantitative estimate of drug-likeness (QED) is 0.872. The highest BCUT2D eigenvalue weighted by Gasteiger charge is 2.30. The van der Waals surface area contributed by atoms with Crippen molar-refractivity contribution in [3.63, 3.8) is 0 Å². The molecule has 90 valence electrons. The largest absolute Gasteiger partial charge is 0.419 e. The molecule has 2 N–H and O–H groups in total. The molecule has 6 heteroatoms. The third kappa shape index (κ3) is 1.60. The van der Waals surface area contributed by atoms with Crippen LogP contribution in [0.2, 0.25) is 0 Å². The maximum Gasteiger partial charge on any atom is 0.268 e. The molecular formula is C11H15N5O. The van der Waals surface area contributed by atoms with E-state index in [9.17, 15) is 0 Å². The minimum Gasteiger partial charge on any atom is -0.419 e. The molecule has 0 atom stereocenters. The van der Waals surface area contributed by atoms with Gasteiger partial charge in [0.2, 0.25) is 5.89 Å². The van der Waals surface area contributed by atoms with Crippen LogP contribution in [0.15, 0.2) is 4.42 Å². The highest BCUT2D eigenvalue weighted by atomic mass is 16.4. The smallest absolute Gasteiger partial charge is 0.268 e. The second-order valence-corrected chi connectivity index (χ2v) is 4.38. The van der Waals surface area contributed by atoms with Gasteiger partial charge in [0.05, 0.1) is 11.4 Å². The molecule has 0 aliphatic heterocycles. The molecule has 0 amide bonds. The van der Waals surface area contributed by atoms with Crippen LogP contribution in [0, 0.1) is 6.92 Å². The van der Waals surface area contributed by atoms with Crippen LogP contribution in [0.5, 0.6) is 0 Å². The molecule has 3 rings (SSSR count). The van der Waals surface area contributed by atoms with Gasteiger partial charge in [-0.1, -0.05) is 0 Å². The molecule has 0 spiro atoms. The van der Waals surface area contributed by atoms with E-state index >= 15 is 0 Å². The summed E-state index contributed by atoms with van der Waals surface area (Å²) in [5.74, 6) is 1.66. The topological polar surface area (TPSA) is 82.8 Å². The van der Waals surface area contributed by atoms with E-state index in [0.717, 1.165) is 36.7 Å². The van der Waals surface area contributed by atoms with Crippen LogP contribution in [0.4, 0.5) is 5.69 Å². The predicted octanol–water partition coefficient (Wildman–Crippen LogP) is 1.72. The molecule has 1 aliphatic carbocycles. The molecule has 0 radical (unpaired) electrons. The fourth-order valence-corrected chi connectivity index (χ4v) is 1.88. The minimum absolute atomic E-state index is 0.455. The van der Waals surface area contributed by atoms with Crippen LogP contribution < -0.4 is 5.73 Å². The van der Waals surface area contributed by atoms with Crippen LogP contribution >= 0.6 is 0 Å². The molecule has 1 fully saturated rings. The molecule has 0 bridgehead atoms. The second-order valence-electron chi connectivity index (χ2n) is 4.38. The van der Waals surface area contributed by atoms with Gasteiger partial charge in [0, 0.05) is 12.5 Å². The number of aryl methyl sites for hydroxylation is 2. The number of hydrogen-bond donors (Lipinski definition) is 1. The van der Waals surface area contributed by atoms with Gasteiger partial charge in [-0.15, -0.1) is 10.2 Å².